The molecule has 3 nitrogen and oxygen atoms in total. The number of nitrogens with zero attached hydrogens (tertiary/aromatic N) is 1. The predicted molar refractivity (Wildman–Crippen MR) is 83.7 cm³/mol. The molecule has 3 heteroatoms. The van der Waals surface area contributed by atoms with Gasteiger partial charge in [0.25, 0.3) is 0 Å². The van der Waals surface area contributed by atoms with Crippen LogP contribution in [0.25, 0.3) is 0 Å². The summed E-state index contributed by atoms with van der Waals surface area (Å²) in [6, 6.07) is 10.4. The average Bonchev–Trinajstić information content (AvgIpc) is 2.48. The first kappa shape index (κ1) is 15.5. The predicted octanol–water partition coefficient (Wildman–Crippen LogP) is 2.22. The fourth-order valence-electron chi connectivity index (χ4n) is 3.35. The smallest absolute Gasteiger partial charge is 0.0797 e. The molecule has 0 amide bonds. The van der Waals surface area contributed by atoms with E-state index in [-0.39, 0.29) is 12.1 Å². The summed E-state index contributed by atoms with van der Waals surface area (Å²) in [4.78, 5) is 2.50. The first-order valence-corrected chi connectivity index (χ1v) is 7.84. The number of rotatable bonds is 6. The van der Waals surface area contributed by atoms with Crippen LogP contribution in [0.3, 0.4) is 0 Å². The maximum atomic E-state index is 10.1. The number of hydrogen-bond acceptors (Lipinski definition) is 3. The van der Waals surface area contributed by atoms with Crippen molar-refractivity contribution in [1.29, 1.82) is 0 Å². The Morgan fingerprint density at radius 1 is 1.35 bits per heavy atom. The number of likely N-dealkylation sites (N-methyl/N-ethyl adjacent to an activating group) is 1. The highest BCUT2D eigenvalue weighted by Crippen LogP contribution is 2.25. The molecule has 112 valence electrons. The van der Waals surface area contributed by atoms with Crippen LogP contribution in [0.4, 0.5) is 0 Å². The Balaban J connectivity index is 2.18. The molecule has 1 heterocycles. The summed E-state index contributed by atoms with van der Waals surface area (Å²) in [6.07, 6.45) is 2.60. The number of hydrogen-bond donors (Lipinski definition) is 2. The van der Waals surface area contributed by atoms with Crippen molar-refractivity contribution in [2.24, 2.45) is 5.92 Å². The van der Waals surface area contributed by atoms with Gasteiger partial charge in [0, 0.05) is 13.1 Å². The van der Waals surface area contributed by atoms with Crippen molar-refractivity contribution in [2.75, 3.05) is 32.8 Å². The second-order valence-electron chi connectivity index (χ2n) is 6.12. The average molecular weight is 276 g/mol. The third-order valence-corrected chi connectivity index (χ3v) is 4.35. The molecule has 0 radical (unpaired) electrons. The standard InChI is InChI=1S/C17H28N2O/c1-3-18-17(14-20,16-9-5-4-6-10-16)13-19-11-7-8-15(2)12-19/h4-6,9-10,15,18,20H,3,7-8,11-14H2,1-2H3. The zero-order chi connectivity index (χ0) is 14.4. The highest BCUT2D eigenvalue weighted by atomic mass is 16.3. The minimum absolute atomic E-state index is 0.135. The van der Waals surface area contributed by atoms with Gasteiger partial charge in [-0.2, -0.15) is 0 Å². The maximum absolute atomic E-state index is 10.1. The van der Waals surface area contributed by atoms with Crippen LogP contribution in [-0.2, 0) is 5.54 Å². The van der Waals surface area contributed by atoms with Crippen LogP contribution in [0.2, 0.25) is 0 Å². The van der Waals surface area contributed by atoms with Gasteiger partial charge >= 0.3 is 0 Å². The molecule has 0 spiro atoms. The van der Waals surface area contributed by atoms with Crippen LogP contribution in [0.1, 0.15) is 32.3 Å². The Hall–Kier alpha value is -0.900. The van der Waals surface area contributed by atoms with E-state index in [4.69, 9.17) is 0 Å². The number of aliphatic hydroxyl groups is 1. The molecule has 2 unspecified atom stereocenters. The van der Waals surface area contributed by atoms with Gasteiger partial charge < -0.3 is 15.3 Å². The first-order chi connectivity index (χ1) is 9.70. The highest BCUT2D eigenvalue weighted by molar-refractivity contribution is 5.25. The number of aliphatic hydroxyl groups excluding tert-OH is 1. The molecule has 0 aromatic heterocycles. The lowest BCUT2D eigenvalue weighted by Crippen LogP contribution is -2.55. The molecule has 1 aliphatic rings. The molecule has 0 aliphatic carbocycles. The van der Waals surface area contributed by atoms with E-state index >= 15 is 0 Å². The Labute approximate surface area is 123 Å². The molecule has 2 rings (SSSR count). The van der Waals surface area contributed by atoms with E-state index in [1.807, 2.05) is 6.07 Å². The van der Waals surface area contributed by atoms with Gasteiger partial charge in [-0.05, 0) is 37.4 Å². The van der Waals surface area contributed by atoms with Crippen molar-refractivity contribution < 1.29 is 5.11 Å². The van der Waals surface area contributed by atoms with Crippen LogP contribution in [-0.4, -0.2) is 42.8 Å². The minimum Gasteiger partial charge on any atom is -0.394 e. The summed E-state index contributed by atoms with van der Waals surface area (Å²) in [6.45, 7) is 8.58. The molecule has 1 fully saturated rings. The second kappa shape index (κ2) is 7.21. The molecule has 1 aromatic carbocycles. The summed E-state index contributed by atoms with van der Waals surface area (Å²) in [7, 11) is 0. The lowest BCUT2D eigenvalue weighted by molar-refractivity contribution is 0.0842. The topological polar surface area (TPSA) is 35.5 Å². The third-order valence-electron chi connectivity index (χ3n) is 4.35. The van der Waals surface area contributed by atoms with E-state index in [1.54, 1.807) is 0 Å². The quantitative estimate of drug-likeness (QED) is 0.836. The molecule has 2 N–H and O–H groups in total. The Morgan fingerprint density at radius 3 is 2.70 bits per heavy atom. The molecule has 1 aliphatic heterocycles. The number of nitrogens with one attached hydrogen (secondary N) is 1. The normalized spacial score (nSPS) is 23.4. The van der Waals surface area contributed by atoms with Gasteiger partial charge in [0.1, 0.15) is 0 Å². The van der Waals surface area contributed by atoms with E-state index in [2.05, 4.69) is 48.3 Å². The zero-order valence-corrected chi connectivity index (χ0v) is 12.8. The summed E-state index contributed by atoms with van der Waals surface area (Å²) in [5, 5.41) is 13.6. The fourth-order valence-corrected chi connectivity index (χ4v) is 3.35. The summed E-state index contributed by atoms with van der Waals surface area (Å²) >= 11 is 0. The number of likely N-dealkylation sites (tertiary alicyclic amines) is 1. The Morgan fingerprint density at radius 2 is 2.10 bits per heavy atom. The molecule has 2 atom stereocenters. The fraction of sp³-hybridized carbons (Fsp3) is 0.647. The zero-order valence-electron chi connectivity index (χ0n) is 12.8. The van der Waals surface area contributed by atoms with Crippen molar-refractivity contribution in [3.8, 4) is 0 Å². The van der Waals surface area contributed by atoms with E-state index in [9.17, 15) is 5.11 Å². The van der Waals surface area contributed by atoms with Gasteiger partial charge in [-0.3, -0.25) is 0 Å². The monoisotopic (exact) mass is 276 g/mol. The second-order valence-corrected chi connectivity index (χ2v) is 6.12. The van der Waals surface area contributed by atoms with E-state index in [0.29, 0.717) is 0 Å². The van der Waals surface area contributed by atoms with Gasteiger partial charge in [0.2, 0.25) is 0 Å². The van der Waals surface area contributed by atoms with Gasteiger partial charge in [0.15, 0.2) is 0 Å². The summed E-state index contributed by atoms with van der Waals surface area (Å²) in [5.41, 5.74) is 0.843. The molecule has 1 aromatic rings. The van der Waals surface area contributed by atoms with E-state index in [1.165, 1.54) is 18.4 Å². The van der Waals surface area contributed by atoms with Gasteiger partial charge in [-0.15, -0.1) is 0 Å². The molecule has 0 bridgehead atoms. The molecular weight excluding hydrogens is 248 g/mol. The first-order valence-electron chi connectivity index (χ1n) is 7.84. The Kier molecular flexibility index (Phi) is 5.58. The van der Waals surface area contributed by atoms with Crippen LogP contribution in [0.15, 0.2) is 30.3 Å². The molecule has 0 saturated carbocycles. The SMILES string of the molecule is CCNC(CO)(CN1CCCC(C)C1)c1ccccc1. The Bertz CT molecular complexity index is 395. The lowest BCUT2D eigenvalue weighted by atomic mass is 9.88. The lowest BCUT2D eigenvalue weighted by Gasteiger charge is -2.41. The van der Waals surface area contributed by atoms with Crippen LogP contribution >= 0.6 is 0 Å². The van der Waals surface area contributed by atoms with Crippen LogP contribution in [0, 0.1) is 5.92 Å². The van der Waals surface area contributed by atoms with Gasteiger partial charge in [-0.25, -0.2) is 0 Å². The number of piperidine rings is 1. The summed E-state index contributed by atoms with van der Waals surface area (Å²) < 4.78 is 0. The maximum Gasteiger partial charge on any atom is 0.0797 e. The van der Waals surface area contributed by atoms with Gasteiger partial charge in [-0.1, -0.05) is 44.2 Å². The largest absolute Gasteiger partial charge is 0.394 e. The van der Waals surface area contributed by atoms with Crippen LogP contribution < -0.4 is 5.32 Å². The summed E-state index contributed by atoms with van der Waals surface area (Å²) in [5.74, 6) is 0.762. The van der Waals surface area contributed by atoms with Gasteiger partial charge in [0.05, 0.1) is 12.1 Å². The van der Waals surface area contributed by atoms with Crippen molar-refractivity contribution in [2.45, 2.75) is 32.2 Å². The highest BCUT2D eigenvalue weighted by Gasteiger charge is 2.33. The van der Waals surface area contributed by atoms with Crippen molar-refractivity contribution in [1.82, 2.24) is 10.2 Å². The number of benzene rings is 1. The van der Waals surface area contributed by atoms with Crippen LogP contribution in [0.5, 0.6) is 0 Å². The van der Waals surface area contributed by atoms with E-state index in [0.717, 1.165) is 32.1 Å². The molecule has 1 saturated heterocycles. The molecular formula is C17H28N2O. The van der Waals surface area contributed by atoms with E-state index < -0.39 is 0 Å². The molecule has 20 heavy (non-hydrogen) atoms. The third kappa shape index (κ3) is 3.60. The van der Waals surface area contributed by atoms with Crippen molar-refractivity contribution >= 4 is 0 Å². The minimum atomic E-state index is -0.340. The van der Waals surface area contributed by atoms with Crippen molar-refractivity contribution in [3.63, 3.8) is 0 Å². The van der Waals surface area contributed by atoms with Crippen molar-refractivity contribution in [3.05, 3.63) is 35.9 Å².